The maximum Gasteiger partial charge on any atom is 0.251 e. The first-order chi connectivity index (χ1) is 16.5. The molecule has 1 aliphatic carbocycles. The number of rotatable bonds is 5. The van der Waals surface area contributed by atoms with Crippen molar-refractivity contribution in [2.24, 2.45) is 0 Å². The number of Topliss-reactive ketones (excluding diaryl/α,β-unsaturated/α-hetero) is 1. The van der Waals surface area contributed by atoms with E-state index in [0.717, 1.165) is 30.0 Å². The lowest BCUT2D eigenvalue weighted by Crippen LogP contribution is -2.42. The van der Waals surface area contributed by atoms with E-state index < -0.39 is 0 Å². The quantitative estimate of drug-likeness (QED) is 0.512. The summed E-state index contributed by atoms with van der Waals surface area (Å²) in [4.78, 5) is 37.4. The third-order valence-corrected chi connectivity index (χ3v) is 6.98. The molecule has 0 radical (unpaired) electrons. The first-order valence-corrected chi connectivity index (χ1v) is 11.9. The second kappa shape index (κ2) is 9.39. The molecule has 1 aliphatic heterocycles. The number of ketones is 1. The van der Waals surface area contributed by atoms with Crippen LogP contribution in [-0.4, -0.2) is 36.2 Å². The van der Waals surface area contributed by atoms with Gasteiger partial charge in [-0.15, -0.1) is 0 Å². The summed E-state index contributed by atoms with van der Waals surface area (Å²) in [7, 11) is 0. The molecule has 3 N–H and O–H groups in total. The average molecular weight is 456 g/mol. The van der Waals surface area contributed by atoms with E-state index in [4.69, 9.17) is 0 Å². The van der Waals surface area contributed by atoms with Crippen LogP contribution in [0, 0.1) is 0 Å². The van der Waals surface area contributed by atoms with Crippen molar-refractivity contribution in [2.75, 3.05) is 6.54 Å². The molecule has 174 valence electrons. The molecule has 3 aromatic carbocycles. The van der Waals surface area contributed by atoms with Gasteiger partial charge in [0.2, 0.25) is 5.91 Å². The van der Waals surface area contributed by atoms with Gasteiger partial charge < -0.3 is 16.0 Å². The van der Waals surface area contributed by atoms with Crippen LogP contribution in [0.2, 0.25) is 0 Å². The summed E-state index contributed by atoms with van der Waals surface area (Å²) in [6.45, 7) is 2.10. The van der Waals surface area contributed by atoms with E-state index >= 15 is 0 Å². The predicted octanol–water partition coefficient (Wildman–Crippen LogP) is 3.70. The number of amides is 2. The highest BCUT2D eigenvalue weighted by atomic mass is 16.2. The fourth-order valence-corrected chi connectivity index (χ4v) is 5.10. The molecule has 1 fully saturated rings. The Labute approximate surface area is 199 Å². The van der Waals surface area contributed by atoms with E-state index in [1.807, 2.05) is 36.4 Å². The number of carbonyl (C=O) groups excluding carboxylic acids is 3. The number of hydrogen-bond acceptors (Lipinski definition) is 4. The van der Waals surface area contributed by atoms with Crippen molar-refractivity contribution in [3.05, 3.63) is 82.9 Å². The van der Waals surface area contributed by atoms with Gasteiger partial charge in [0.1, 0.15) is 0 Å². The highest BCUT2D eigenvalue weighted by Crippen LogP contribution is 2.29. The second-order valence-electron chi connectivity index (χ2n) is 9.35. The van der Waals surface area contributed by atoms with Gasteiger partial charge in [0.05, 0.1) is 12.1 Å². The average Bonchev–Trinajstić information content (AvgIpc) is 3.32. The molecule has 0 spiro atoms. The van der Waals surface area contributed by atoms with Crippen LogP contribution in [-0.2, 0) is 11.2 Å². The summed E-state index contributed by atoms with van der Waals surface area (Å²) >= 11 is 0. The molecule has 0 bridgehead atoms. The first kappa shape index (κ1) is 22.3. The fraction of sp³-hybridized carbons (Fsp3) is 0.321. The van der Waals surface area contributed by atoms with Gasteiger partial charge in [-0.05, 0) is 72.7 Å². The minimum Gasteiger partial charge on any atom is -0.348 e. The van der Waals surface area contributed by atoms with Crippen molar-refractivity contribution < 1.29 is 14.4 Å². The van der Waals surface area contributed by atoms with Crippen LogP contribution in [0.25, 0.3) is 10.8 Å². The van der Waals surface area contributed by atoms with Crippen LogP contribution in [0.15, 0.2) is 60.7 Å². The van der Waals surface area contributed by atoms with Crippen molar-refractivity contribution in [1.82, 2.24) is 16.0 Å². The number of carbonyl (C=O) groups is 3. The summed E-state index contributed by atoms with van der Waals surface area (Å²) < 4.78 is 0. The smallest absolute Gasteiger partial charge is 0.251 e. The molecular weight excluding hydrogens is 426 g/mol. The van der Waals surface area contributed by atoms with E-state index in [2.05, 4.69) is 28.1 Å². The van der Waals surface area contributed by atoms with E-state index in [0.29, 0.717) is 24.1 Å². The zero-order valence-corrected chi connectivity index (χ0v) is 19.3. The van der Waals surface area contributed by atoms with Gasteiger partial charge in [0.15, 0.2) is 5.78 Å². The van der Waals surface area contributed by atoms with Gasteiger partial charge in [-0.2, -0.15) is 0 Å². The summed E-state index contributed by atoms with van der Waals surface area (Å²) in [5.41, 5.74) is 3.76. The summed E-state index contributed by atoms with van der Waals surface area (Å²) in [5, 5.41) is 11.4. The maximum absolute atomic E-state index is 12.9. The van der Waals surface area contributed by atoms with Gasteiger partial charge in [-0.1, -0.05) is 42.5 Å². The molecule has 3 atom stereocenters. The van der Waals surface area contributed by atoms with Gasteiger partial charge in [0, 0.05) is 23.7 Å². The molecule has 34 heavy (non-hydrogen) atoms. The zero-order valence-electron chi connectivity index (χ0n) is 19.3. The molecule has 1 heterocycles. The molecule has 0 aromatic heterocycles. The zero-order chi connectivity index (χ0) is 23.7. The normalized spacial score (nSPS) is 21.6. The Bertz CT molecular complexity index is 1270. The molecule has 0 saturated carbocycles. The lowest BCUT2D eigenvalue weighted by atomic mass is 9.87. The minimum absolute atomic E-state index is 0.00886. The Kier molecular flexibility index (Phi) is 6.16. The van der Waals surface area contributed by atoms with Crippen LogP contribution in [0.4, 0.5) is 0 Å². The number of fused-ring (bicyclic) bond motifs is 2. The van der Waals surface area contributed by atoms with Crippen molar-refractivity contribution >= 4 is 28.4 Å². The Hall–Kier alpha value is -3.51. The molecule has 6 nitrogen and oxygen atoms in total. The number of benzene rings is 3. The van der Waals surface area contributed by atoms with Crippen molar-refractivity contribution in [3.63, 3.8) is 0 Å². The molecule has 1 saturated heterocycles. The Balaban J connectivity index is 1.19. The largest absolute Gasteiger partial charge is 0.348 e. The van der Waals surface area contributed by atoms with E-state index in [-0.39, 0.29) is 35.7 Å². The van der Waals surface area contributed by atoms with E-state index in [1.165, 1.54) is 11.1 Å². The lowest BCUT2D eigenvalue weighted by Gasteiger charge is -2.27. The van der Waals surface area contributed by atoms with Crippen molar-refractivity contribution in [1.29, 1.82) is 0 Å². The molecule has 2 amide bonds. The molecule has 5 rings (SSSR count). The third kappa shape index (κ3) is 4.59. The number of aryl methyl sites for hydroxylation is 1. The Morgan fingerprint density at radius 3 is 2.44 bits per heavy atom. The SMILES string of the molecule is CC(=O)c1ccc2cc(C(=O)N[C@@H]3CN[C@H](C(=O)N[C@@H]4CCCc5ccccc54)C3)ccc2c1. The number of hydrogen-bond donors (Lipinski definition) is 3. The third-order valence-electron chi connectivity index (χ3n) is 6.98. The summed E-state index contributed by atoms with van der Waals surface area (Å²) in [6, 6.07) is 18.9. The molecule has 0 unspecified atom stereocenters. The van der Waals surface area contributed by atoms with E-state index in [1.54, 1.807) is 19.1 Å². The molecular formula is C28H29N3O3. The van der Waals surface area contributed by atoms with Gasteiger partial charge in [-0.25, -0.2) is 0 Å². The molecule has 3 aromatic rings. The van der Waals surface area contributed by atoms with Crippen LogP contribution in [0.3, 0.4) is 0 Å². The van der Waals surface area contributed by atoms with Gasteiger partial charge in [0.25, 0.3) is 5.91 Å². The molecule has 2 aliphatic rings. The maximum atomic E-state index is 12.9. The topological polar surface area (TPSA) is 87.3 Å². The summed E-state index contributed by atoms with van der Waals surface area (Å²) in [6.07, 6.45) is 3.64. The fourth-order valence-electron chi connectivity index (χ4n) is 5.10. The standard InChI is InChI=1S/C28H29N3O3/c1-17(32)19-9-10-21-14-22(12-11-20(21)13-19)27(33)30-23-15-26(29-16-23)28(34)31-25-8-4-6-18-5-2-3-7-24(18)25/h2-3,5,7,9-14,23,25-26,29H,4,6,8,15-16H2,1H3,(H,30,33)(H,31,34)/t23-,25+,26-/m0/s1. The Morgan fingerprint density at radius 1 is 0.912 bits per heavy atom. The second-order valence-corrected chi connectivity index (χ2v) is 9.35. The van der Waals surface area contributed by atoms with Crippen molar-refractivity contribution in [3.8, 4) is 0 Å². The highest BCUT2D eigenvalue weighted by Gasteiger charge is 2.32. The monoisotopic (exact) mass is 455 g/mol. The highest BCUT2D eigenvalue weighted by molar-refractivity contribution is 6.02. The van der Waals surface area contributed by atoms with Crippen LogP contribution >= 0.6 is 0 Å². The summed E-state index contributed by atoms with van der Waals surface area (Å²) in [5.74, 6) is -0.152. The number of nitrogens with one attached hydrogen (secondary N) is 3. The minimum atomic E-state index is -0.319. The van der Waals surface area contributed by atoms with Crippen LogP contribution in [0.5, 0.6) is 0 Å². The first-order valence-electron chi connectivity index (χ1n) is 11.9. The van der Waals surface area contributed by atoms with Crippen molar-refractivity contribution in [2.45, 2.75) is 50.7 Å². The lowest BCUT2D eigenvalue weighted by molar-refractivity contribution is -0.123. The van der Waals surface area contributed by atoms with Gasteiger partial charge in [-0.3, -0.25) is 14.4 Å². The van der Waals surface area contributed by atoms with Crippen LogP contribution < -0.4 is 16.0 Å². The van der Waals surface area contributed by atoms with Crippen LogP contribution in [0.1, 0.15) is 64.1 Å². The molecule has 6 heteroatoms. The van der Waals surface area contributed by atoms with E-state index in [9.17, 15) is 14.4 Å². The predicted molar refractivity (Wildman–Crippen MR) is 132 cm³/mol. The van der Waals surface area contributed by atoms with Gasteiger partial charge >= 0.3 is 0 Å². The Morgan fingerprint density at radius 2 is 1.65 bits per heavy atom.